The zero-order chi connectivity index (χ0) is 8.72. The first-order valence-corrected chi connectivity index (χ1v) is 4.72. The molecular formula is C7H3FO2S2. The minimum Gasteiger partial charge on any atom is -0.477 e. The van der Waals surface area contributed by atoms with E-state index in [1.54, 1.807) is 0 Å². The third-order valence-electron chi connectivity index (χ3n) is 1.39. The van der Waals surface area contributed by atoms with Crippen LogP contribution in [-0.2, 0) is 0 Å². The van der Waals surface area contributed by atoms with E-state index in [-0.39, 0.29) is 10.0 Å². The second-order valence-electron chi connectivity index (χ2n) is 2.19. The Morgan fingerprint density at radius 1 is 1.33 bits per heavy atom. The van der Waals surface area contributed by atoms with Crippen LogP contribution >= 0.6 is 22.7 Å². The molecule has 0 bridgehead atoms. The van der Waals surface area contributed by atoms with Gasteiger partial charge in [0.05, 0.1) is 0 Å². The van der Waals surface area contributed by atoms with Crippen LogP contribution < -0.4 is 0 Å². The summed E-state index contributed by atoms with van der Waals surface area (Å²) in [6.07, 6.45) is 0. The topological polar surface area (TPSA) is 37.3 Å². The predicted octanol–water partition coefficient (Wildman–Crippen LogP) is 2.80. The summed E-state index contributed by atoms with van der Waals surface area (Å²) in [5.74, 6) is -0.955. The molecule has 0 aliphatic rings. The Bertz CT molecular complexity index is 412. The van der Waals surface area contributed by atoms with Crippen molar-refractivity contribution >= 4 is 38.0 Å². The lowest BCUT2D eigenvalue weighted by Gasteiger charge is -1.80. The number of hydrogen-bond donors (Lipinski definition) is 1. The van der Waals surface area contributed by atoms with Gasteiger partial charge in [-0.3, -0.25) is 0 Å². The van der Waals surface area contributed by atoms with E-state index in [2.05, 4.69) is 0 Å². The average molecular weight is 202 g/mol. The molecule has 2 heterocycles. The van der Waals surface area contributed by atoms with Crippen molar-refractivity contribution in [1.82, 2.24) is 0 Å². The van der Waals surface area contributed by atoms with E-state index >= 15 is 0 Å². The van der Waals surface area contributed by atoms with Gasteiger partial charge in [-0.1, -0.05) is 0 Å². The number of rotatable bonds is 1. The highest BCUT2D eigenvalue weighted by molar-refractivity contribution is 7.28. The molecule has 12 heavy (non-hydrogen) atoms. The molecule has 0 radical (unpaired) electrons. The van der Waals surface area contributed by atoms with Crippen molar-refractivity contribution in [2.75, 3.05) is 0 Å². The molecule has 62 valence electrons. The van der Waals surface area contributed by atoms with Gasteiger partial charge >= 0.3 is 5.97 Å². The summed E-state index contributed by atoms with van der Waals surface area (Å²) < 4.78 is 14.0. The van der Waals surface area contributed by atoms with Gasteiger partial charge in [-0.15, -0.1) is 22.7 Å². The monoisotopic (exact) mass is 202 g/mol. The Balaban J connectivity index is 2.64. The molecule has 0 fully saturated rings. The van der Waals surface area contributed by atoms with E-state index in [9.17, 15) is 9.18 Å². The van der Waals surface area contributed by atoms with E-state index in [0.29, 0.717) is 9.40 Å². The van der Waals surface area contributed by atoms with Crippen molar-refractivity contribution in [3.05, 3.63) is 22.1 Å². The normalized spacial score (nSPS) is 10.8. The van der Waals surface area contributed by atoms with Gasteiger partial charge in [0.15, 0.2) is 5.13 Å². The number of carboxylic acid groups (broad SMARTS) is 1. The first-order chi connectivity index (χ1) is 5.66. The Morgan fingerprint density at radius 3 is 2.58 bits per heavy atom. The third kappa shape index (κ3) is 1.11. The first kappa shape index (κ1) is 7.70. The zero-order valence-corrected chi connectivity index (χ0v) is 7.34. The highest BCUT2D eigenvalue weighted by atomic mass is 32.1. The molecule has 2 rings (SSSR count). The molecule has 0 amide bonds. The smallest absolute Gasteiger partial charge is 0.345 e. The van der Waals surface area contributed by atoms with Crippen LogP contribution in [0.1, 0.15) is 9.67 Å². The molecule has 0 saturated carbocycles. The number of carboxylic acids is 1. The van der Waals surface area contributed by atoms with Crippen molar-refractivity contribution in [1.29, 1.82) is 0 Å². The van der Waals surface area contributed by atoms with Crippen molar-refractivity contribution in [3.8, 4) is 0 Å². The van der Waals surface area contributed by atoms with Gasteiger partial charge in [0.1, 0.15) is 4.88 Å². The SMILES string of the molecule is O=C(O)c1cc2sc(F)cc2s1. The van der Waals surface area contributed by atoms with Crippen molar-refractivity contribution in [3.63, 3.8) is 0 Å². The van der Waals surface area contributed by atoms with E-state index in [1.165, 1.54) is 12.1 Å². The quantitative estimate of drug-likeness (QED) is 0.772. The van der Waals surface area contributed by atoms with Gasteiger partial charge in [0, 0.05) is 15.5 Å². The van der Waals surface area contributed by atoms with Crippen LogP contribution in [0.4, 0.5) is 4.39 Å². The second-order valence-corrected chi connectivity index (χ2v) is 4.31. The summed E-state index contributed by atoms with van der Waals surface area (Å²) in [5.41, 5.74) is 0. The molecule has 0 unspecified atom stereocenters. The standard InChI is InChI=1S/C7H3FO2S2/c8-6-2-4-3(12-6)1-5(11-4)7(9)10/h1-2H,(H,9,10). The summed E-state index contributed by atoms with van der Waals surface area (Å²) >= 11 is 2.07. The predicted molar refractivity (Wildman–Crippen MR) is 46.6 cm³/mol. The number of halogens is 1. The van der Waals surface area contributed by atoms with Gasteiger partial charge in [0.2, 0.25) is 0 Å². The Morgan fingerprint density at radius 2 is 2.00 bits per heavy atom. The summed E-state index contributed by atoms with van der Waals surface area (Å²) in [4.78, 5) is 10.7. The highest BCUT2D eigenvalue weighted by Crippen LogP contribution is 2.32. The third-order valence-corrected chi connectivity index (χ3v) is 3.46. The van der Waals surface area contributed by atoms with E-state index in [1.807, 2.05) is 0 Å². The number of carbonyl (C=O) groups is 1. The van der Waals surface area contributed by atoms with Crippen LogP contribution in [0.5, 0.6) is 0 Å². The maximum absolute atomic E-state index is 12.6. The minimum absolute atomic E-state index is 0.260. The van der Waals surface area contributed by atoms with Crippen LogP contribution in [0.3, 0.4) is 0 Å². The largest absolute Gasteiger partial charge is 0.477 e. The molecule has 2 aromatic rings. The molecule has 1 N–H and O–H groups in total. The zero-order valence-electron chi connectivity index (χ0n) is 5.70. The minimum atomic E-state index is -0.955. The first-order valence-electron chi connectivity index (χ1n) is 3.09. The molecule has 0 aromatic carbocycles. The summed E-state index contributed by atoms with van der Waals surface area (Å²) in [7, 11) is 0. The lowest BCUT2D eigenvalue weighted by molar-refractivity contribution is 0.0702. The molecular weight excluding hydrogens is 199 g/mol. The number of aromatic carboxylic acids is 1. The molecule has 2 aromatic heterocycles. The molecule has 0 saturated heterocycles. The molecule has 0 aliphatic carbocycles. The fourth-order valence-electron chi connectivity index (χ4n) is 0.912. The van der Waals surface area contributed by atoms with E-state index in [0.717, 1.165) is 22.7 Å². The molecule has 0 spiro atoms. The average Bonchev–Trinajstić information content (AvgIpc) is 2.42. The molecule has 5 heteroatoms. The number of fused-ring (bicyclic) bond motifs is 1. The highest BCUT2D eigenvalue weighted by Gasteiger charge is 2.10. The van der Waals surface area contributed by atoms with E-state index < -0.39 is 5.97 Å². The lowest BCUT2D eigenvalue weighted by Crippen LogP contribution is -1.89. The lowest BCUT2D eigenvalue weighted by atomic mass is 10.4. The number of hydrogen-bond acceptors (Lipinski definition) is 3. The van der Waals surface area contributed by atoms with Crippen LogP contribution in [-0.4, -0.2) is 11.1 Å². The van der Waals surface area contributed by atoms with Gasteiger partial charge in [-0.25, -0.2) is 4.79 Å². The Labute approximate surface area is 74.9 Å². The fraction of sp³-hybridized carbons (Fsp3) is 0. The van der Waals surface area contributed by atoms with Gasteiger partial charge in [-0.2, -0.15) is 4.39 Å². The fourth-order valence-corrected chi connectivity index (χ4v) is 2.86. The molecule has 2 nitrogen and oxygen atoms in total. The van der Waals surface area contributed by atoms with Crippen LogP contribution in [0.2, 0.25) is 0 Å². The Kier molecular flexibility index (Phi) is 1.62. The Hall–Kier alpha value is -0.940. The summed E-state index contributed by atoms with van der Waals surface area (Å²) in [6, 6.07) is 2.85. The molecule has 0 atom stereocenters. The maximum Gasteiger partial charge on any atom is 0.345 e. The van der Waals surface area contributed by atoms with Gasteiger partial charge in [0.25, 0.3) is 0 Å². The van der Waals surface area contributed by atoms with Crippen LogP contribution in [0.15, 0.2) is 12.1 Å². The molecule has 0 aliphatic heterocycles. The van der Waals surface area contributed by atoms with Crippen LogP contribution in [0.25, 0.3) is 9.40 Å². The van der Waals surface area contributed by atoms with Crippen molar-refractivity contribution in [2.24, 2.45) is 0 Å². The second kappa shape index (κ2) is 2.53. The van der Waals surface area contributed by atoms with Gasteiger partial charge < -0.3 is 5.11 Å². The van der Waals surface area contributed by atoms with Crippen molar-refractivity contribution in [2.45, 2.75) is 0 Å². The maximum atomic E-state index is 12.6. The van der Waals surface area contributed by atoms with Crippen molar-refractivity contribution < 1.29 is 14.3 Å². The van der Waals surface area contributed by atoms with Gasteiger partial charge in [-0.05, 0) is 6.07 Å². The van der Waals surface area contributed by atoms with Crippen LogP contribution in [0, 0.1) is 5.13 Å². The number of thiophene rings is 2. The summed E-state index contributed by atoms with van der Waals surface area (Å²) in [5, 5.41) is 8.32. The van der Waals surface area contributed by atoms with E-state index in [4.69, 9.17) is 5.11 Å². The summed E-state index contributed by atoms with van der Waals surface area (Å²) in [6.45, 7) is 0.